The molecule has 0 aliphatic rings. The number of amides is 1. The largest absolute Gasteiger partial charge is 0.288 e. The highest BCUT2D eigenvalue weighted by atomic mass is 32.2. The second-order valence-corrected chi connectivity index (χ2v) is 5.20. The smallest absolute Gasteiger partial charge is 0.266 e. The summed E-state index contributed by atoms with van der Waals surface area (Å²) in [5, 5.41) is 0. The van der Waals surface area contributed by atoms with E-state index < -0.39 is 15.9 Å². The van der Waals surface area contributed by atoms with Crippen molar-refractivity contribution in [3.05, 3.63) is 35.4 Å². The van der Waals surface area contributed by atoms with E-state index in [1.54, 1.807) is 18.2 Å². The van der Waals surface area contributed by atoms with Gasteiger partial charge in [-0.15, -0.1) is 4.72 Å². The number of benzene rings is 1. The van der Waals surface area contributed by atoms with Gasteiger partial charge in [0.2, 0.25) is 0 Å². The van der Waals surface area contributed by atoms with Gasteiger partial charge in [0.1, 0.15) is 0 Å². The van der Waals surface area contributed by atoms with Crippen LogP contribution < -0.4 is 4.72 Å². The van der Waals surface area contributed by atoms with Crippen LogP contribution in [0.2, 0.25) is 0 Å². The molecule has 0 bridgehead atoms. The normalized spacial score (nSPS) is 11.1. The molecule has 87 valence electrons. The van der Waals surface area contributed by atoms with E-state index in [0.717, 1.165) is 5.56 Å². The molecule has 0 saturated heterocycles. The number of sulfonamides is 1. The number of hydrogen-bond donors (Lipinski definition) is 0. The van der Waals surface area contributed by atoms with Gasteiger partial charge in [-0.25, -0.2) is 8.42 Å². The van der Waals surface area contributed by atoms with Gasteiger partial charge >= 0.3 is 0 Å². The lowest BCUT2D eigenvalue weighted by Gasteiger charge is -2.05. The number of rotatable bonds is 4. The summed E-state index contributed by atoms with van der Waals surface area (Å²) in [5.41, 5.74) is 1.17. The Bertz CT molecular complexity index is 480. The van der Waals surface area contributed by atoms with Gasteiger partial charge in [-0.1, -0.05) is 25.1 Å². The Morgan fingerprint density at radius 1 is 1.25 bits per heavy atom. The molecule has 0 saturated carbocycles. The SMILES string of the molecule is CCc1ccccc1C(=O)[N]S(=O)(=O)CC. The maximum absolute atomic E-state index is 11.7. The standard InChI is InChI=1S/C11H14NO3S/c1-3-9-7-5-6-8-10(9)11(13)12-16(14,15)4-2/h5-8H,3-4H2,1-2H3. The number of carbonyl (C=O) groups is 1. The van der Waals surface area contributed by atoms with Gasteiger partial charge in [-0.05, 0) is 25.0 Å². The molecule has 0 unspecified atom stereocenters. The number of carbonyl (C=O) groups excluding carboxylic acids is 1. The van der Waals surface area contributed by atoms with Crippen molar-refractivity contribution in [1.29, 1.82) is 0 Å². The lowest BCUT2D eigenvalue weighted by Crippen LogP contribution is -2.25. The van der Waals surface area contributed by atoms with Gasteiger partial charge in [-0.3, -0.25) is 4.79 Å². The van der Waals surface area contributed by atoms with Crippen molar-refractivity contribution in [3.8, 4) is 0 Å². The average molecular weight is 240 g/mol. The van der Waals surface area contributed by atoms with E-state index in [1.807, 2.05) is 13.0 Å². The maximum atomic E-state index is 11.7. The first-order valence-electron chi connectivity index (χ1n) is 5.08. The summed E-state index contributed by atoms with van der Waals surface area (Å²) in [4.78, 5) is 11.7. The Morgan fingerprint density at radius 3 is 2.44 bits per heavy atom. The lowest BCUT2D eigenvalue weighted by atomic mass is 10.1. The number of aryl methyl sites for hydroxylation is 1. The topological polar surface area (TPSA) is 65.3 Å². The van der Waals surface area contributed by atoms with Crippen LogP contribution in [0, 0.1) is 0 Å². The Kier molecular flexibility index (Phi) is 4.06. The summed E-state index contributed by atoms with van der Waals surface area (Å²) < 4.78 is 25.6. The molecule has 1 radical (unpaired) electrons. The zero-order valence-corrected chi connectivity index (χ0v) is 10.1. The Hall–Kier alpha value is -1.36. The van der Waals surface area contributed by atoms with E-state index in [1.165, 1.54) is 6.92 Å². The molecule has 0 aromatic heterocycles. The summed E-state index contributed by atoms with van der Waals surface area (Å²) in [7, 11) is -3.62. The summed E-state index contributed by atoms with van der Waals surface area (Å²) >= 11 is 0. The van der Waals surface area contributed by atoms with E-state index in [9.17, 15) is 13.2 Å². The summed E-state index contributed by atoms with van der Waals surface area (Å²) in [6.45, 7) is 3.36. The van der Waals surface area contributed by atoms with Crippen molar-refractivity contribution in [2.75, 3.05) is 5.75 Å². The Morgan fingerprint density at radius 2 is 1.88 bits per heavy atom. The molecule has 1 rings (SSSR count). The van der Waals surface area contributed by atoms with Gasteiger partial charge in [-0.2, -0.15) is 0 Å². The quantitative estimate of drug-likeness (QED) is 0.797. The Labute approximate surface area is 95.7 Å². The zero-order valence-electron chi connectivity index (χ0n) is 9.30. The number of nitrogens with zero attached hydrogens (tertiary/aromatic N) is 1. The molecule has 1 amide bonds. The molecular weight excluding hydrogens is 226 g/mol. The molecule has 1 aromatic rings. The monoisotopic (exact) mass is 240 g/mol. The molecule has 0 aliphatic heterocycles. The first kappa shape index (κ1) is 12.7. The van der Waals surface area contributed by atoms with Gasteiger partial charge < -0.3 is 0 Å². The third-order valence-corrected chi connectivity index (χ3v) is 3.39. The summed E-state index contributed by atoms with van der Waals surface area (Å²) in [6.07, 6.45) is 0.670. The fourth-order valence-corrected chi connectivity index (χ4v) is 1.76. The second kappa shape index (κ2) is 5.12. The molecule has 4 nitrogen and oxygen atoms in total. The summed E-state index contributed by atoms with van der Waals surface area (Å²) in [6, 6.07) is 6.89. The number of hydrogen-bond acceptors (Lipinski definition) is 3. The minimum Gasteiger partial charge on any atom is -0.266 e. The van der Waals surface area contributed by atoms with E-state index in [2.05, 4.69) is 4.72 Å². The van der Waals surface area contributed by atoms with Crippen molar-refractivity contribution in [2.24, 2.45) is 0 Å². The second-order valence-electron chi connectivity index (χ2n) is 3.28. The van der Waals surface area contributed by atoms with Crippen molar-refractivity contribution < 1.29 is 13.2 Å². The first-order valence-corrected chi connectivity index (χ1v) is 6.69. The molecule has 0 spiro atoms. The van der Waals surface area contributed by atoms with Crippen molar-refractivity contribution in [1.82, 2.24) is 4.72 Å². The molecule has 0 aliphatic carbocycles. The van der Waals surface area contributed by atoms with Crippen molar-refractivity contribution >= 4 is 15.9 Å². The third kappa shape index (κ3) is 3.06. The highest BCUT2D eigenvalue weighted by molar-refractivity contribution is 7.89. The maximum Gasteiger partial charge on any atom is 0.288 e. The van der Waals surface area contributed by atoms with Crippen molar-refractivity contribution in [3.63, 3.8) is 0 Å². The predicted octanol–water partition coefficient (Wildman–Crippen LogP) is 1.34. The van der Waals surface area contributed by atoms with Gasteiger partial charge in [0.05, 0.1) is 5.75 Å². The van der Waals surface area contributed by atoms with Crippen LogP contribution in [0.15, 0.2) is 24.3 Å². The van der Waals surface area contributed by atoms with Crippen molar-refractivity contribution in [2.45, 2.75) is 20.3 Å². The minimum atomic E-state index is -3.62. The van der Waals surface area contributed by atoms with Gasteiger partial charge in [0.15, 0.2) is 0 Å². The van der Waals surface area contributed by atoms with E-state index in [-0.39, 0.29) is 5.75 Å². The van der Waals surface area contributed by atoms with E-state index >= 15 is 0 Å². The van der Waals surface area contributed by atoms with Crippen LogP contribution in [0.25, 0.3) is 0 Å². The van der Waals surface area contributed by atoms with Crippen LogP contribution in [0.4, 0.5) is 0 Å². The van der Waals surface area contributed by atoms with Crippen LogP contribution in [0.1, 0.15) is 29.8 Å². The highest BCUT2D eigenvalue weighted by Gasteiger charge is 2.18. The fraction of sp³-hybridized carbons (Fsp3) is 0.364. The lowest BCUT2D eigenvalue weighted by molar-refractivity contribution is 0.0977. The first-order chi connectivity index (χ1) is 7.50. The molecule has 1 aromatic carbocycles. The molecule has 5 heteroatoms. The van der Waals surface area contributed by atoms with Crippen LogP contribution in [0.5, 0.6) is 0 Å². The zero-order chi connectivity index (χ0) is 12.2. The minimum absolute atomic E-state index is 0.160. The molecule has 0 atom stereocenters. The molecule has 0 heterocycles. The molecule has 16 heavy (non-hydrogen) atoms. The van der Waals surface area contributed by atoms with Gasteiger partial charge in [0.25, 0.3) is 15.9 Å². The van der Waals surface area contributed by atoms with Crippen LogP contribution in [-0.4, -0.2) is 20.1 Å². The average Bonchev–Trinajstić information content (AvgIpc) is 2.28. The van der Waals surface area contributed by atoms with Crippen LogP contribution in [0.3, 0.4) is 0 Å². The fourth-order valence-electron chi connectivity index (χ4n) is 1.28. The van der Waals surface area contributed by atoms with Crippen LogP contribution in [-0.2, 0) is 16.4 Å². The Balaban J connectivity index is 2.97. The predicted molar refractivity (Wildman–Crippen MR) is 61.7 cm³/mol. The van der Waals surface area contributed by atoms with E-state index in [4.69, 9.17) is 0 Å². The van der Waals surface area contributed by atoms with E-state index in [0.29, 0.717) is 12.0 Å². The molecule has 0 N–H and O–H groups in total. The third-order valence-electron chi connectivity index (χ3n) is 2.22. The summed E-state index contributed by atoms with van der Waals surface area (Å²) in [5.74, 6) is -0.841. The highest BCUT2D eigenvalue weighted by Crippen LogP contribution is 2.10. The van der Waals surface area contributed by atoms with Gasteiger partial charge in [0, 0.05) is 5.56 Å². The van der Waals surface area contributed by atoms with Crippen LogP contribution >= 0.6 is 0 Å². The molecular formula is C11H14NO3S. The molecule has 0 fully saturated rings.